The number of carboxylic acids is 1. The summed E-state index contributed by atoms with van der Waals surface area (Å²) in [4.78, 5) is 57.0. The molecule has 5 rings (SSSR count). The number of carbonyl (C=O) groups is 4. The van der Waals surface area contributed by atoms with Crippen LogP contribution in [0.15, 0.2) is 67.0 Å². The summed E-state index contributed by atoms with van der Waals surface area (Å²) in [5.74, 6) is -4.06. The minimum atomic E-state index is -5.08. The predicted molar refractivity (Wildman–Crippen MR) is 170 cm³/mol. The number of anilines is 3. The standard InChI is InChI=1S/C30H33ClN6O3.C2HF3O2/c31-24-5-2-22(3-6-24)21-37-27-8-7-25(20-23(27)4-9-28(37)38)34-30(40)29(39)33-12-1-15-35-16-18-36(19-17-35)26-10-13-32-14-11-26;3-2(4,5)1(6)7/h2-3,5-8,10-11,13-14,20H,1,4,9,12,15-19,21H2,(H,33,39)(H,34,40);(H,6,7). The Morgan fingerprint density at radius 3 is 2.21 bits per heavy atom. The number of nitrogens with zero attached hydrogens (tertiary/aromatic N) is 4. The maximum Gasteiger partial charge on any atom is 0.490 e. The Morgan fingerprint density at radius 1 is 0.915 bits per heavy atom. The highest BCUT2D eigenvalue weighted by atomic mass is 35.5. The molecule has 3 amide bonds. The number of hydrogen-bond acceptors (Lipinski definition) is 7. The first-order chi connectivity index (χ1) is 22.4. The van der Waals surface area contributed by atoms with Crippen LogP contribution in [0.25, 0.3) is 0 Å². The Hall–Kier alpha value is -4.69. The summed E-state index contributed by atoms with van der Waals surface area (Å²) in [7, 11) is 0. The molecule has 3 N–H and O–H groups in total. The van der Waals surface area contributed by atoms with Crippen LogP contribution in [0.4, 0.5) is 30.2 Å². The van der Waals surface area contributed by atoms with E-state index in [0.717, 1.165) is 56.0 Å². The lowest BCUT2D eigenvalue weighted by atomic mass is 9.99. The lowest BCUT2D eigenvalue weighted by molar-refractivity contribution is -0.192. The minimum Gasteiger partial charge on any atom is -0.475 e. The quantitative estimate of drug-likeness (QED) is 0.240. The molecule has 1 fully saturated rings. The highest BCUT2D eigenvalue weighted by Gasteiger charge is 2.38. The molecule has 3 aromatic rings. The molecule has 1 aromatic heterocycles. The Bertz CT molecular complexity index is 1550. The third kappa shape index (κ3) is 10.4. The summed E-state index contributed by atoms with van der Waals surface area (Å²) in [6, 6.07) is 16.9. The maximum absolute atomic E-state index is 12.6. The van der Waals surface area contributed by atoms with Crippen LogP contribution in [0, 0.1) is 0 Å². The van der Waals surface area contributed by atoms with Gasteiger partial charge in [0.2, 0.25) is 5.91 Å². The minimum absolute atomic E-state index is 0.0502. The number of nitrogens with one attached hydrogen (secondary N) is 2. The number of alkyl halides is 3. The second-order valence-electron chi connectivity index (χ2n) is 10.9. The van der Waals surface area contributed by atoms with Crippen molar-refractivity contribution in [2.75, 3.05) is 54.4 Å². The largest absolute Gasteiger partial charge is 0.490 e. The van der Waals surface area contributed by atoms with Crippen molar-refractivity contribution in [1.82, 2.24) is 15.2 Å². The van der Waals surface area contributed by atoms with Gasteiger partial charge in [0.1, 0.15) is 0 Å². The van der Waals surface area contributed by atoms with Gasteiger partial charge >= 0.3 is 24.0 Å². The van der Waals surface area contributed by atoms with Crippen LogP contribution in [0.2, 0.25) is 5.02 Å². The van der Waals surface area contributed by atoms with Crippen LogP contribution >= 0.6 is 11.6 Å². The van der Waals surface area contributed by atoms with E-state index in [1.54, 1.807) is 23.1 Å². The van der Waals surface area contributed by atoms with E-state index in [-0.39, 0.29) is 5.91 Å². The predicted octanol–water partition coefficient (Wildman–Crippen LogP) is 4.11. The van der Waals surface area contributed by atoms with E-state index in [9.17, 15) is 27.6 Å². The lowest BCUT2D eigenvalue weighted by Gasteiger charge is -2.36. The number of carboxylic acid groups (broad SMARTS) is 1. The van der Waals surface area contributed by atoms with Crippen LogP contribution in [0.1, 0.15) is 24.0 Å². The second kappa shape index (κ2) is 16.2. The van der Waals surface area contributed by atoms with E-state index in [1.165, 1.54) is 5.69 Å². The first kappa shape index (κ1) is 35.2. The van der Waals surface area contributed by atoms with E-state index in [1.807, 2.05) is 48.8 Å². The van der Waals surface area contributed by atoms with Gasteiger partial charge in [0.15, 0.2) is 0 Å². The smallest absolute Gasteiger partial charge is 0.475 e. The fourth-order valence-corrected chi connectivity index (χ4v) is 5.27. The number of carbonyl (C=O) groups excluding carboxylic acids is 3. The Morgan fingerprint density at radius 2 is 1.57 bits per heavy atom. The average Bonchev–Trinajstić information content (AvgIpc) is 3.06. The average molecular weight is 675 g/mol. The zero-order valence-electron chi connectivity index (χ0n) is 25.3. The van der Waals surface area contributed by atoms with Gasteiger partial charge in [-0.3, -0.25) is 24.3 Å². The van der Waals surface area contributed by atoms with Crippen LogP contribution < -0.4 is 20.4 Å². The number of rotatable bonds is 8. The van der Waals surface area contributed by atoms with Crippen molar-refractivity contribution in [2.24, 2.45) is 0 Å². The number of aryl methyl sites for hydroxylation is 1. The van der Waals surface area contributed by atoms with E-state index < -0.39 is 24.0 Å². The third-order valence-electron chi connectivity index (χ3n) is 7.58. The number of amides is 3. The van der Waals surface area contributed by atoms with Gasteiger partial charge < -0.3 is 25.5 Å². The number of fused-ring (bicyclic) bond motifs is 1. The van der Waals surface area contributed by atoms with Crippen LogP contribution in [-0.4, -0.2) is 84.1 Å². The fraction of sp³-hybridized carbons (Fsp3) is 0.344. The SMILES string of the molecule is O=C(NCCCN1CCN(c2ccncc2)CC1)C(=O)Nc1ccc2c(c1)CCC(=O)N2Cc1ccc(Cl)cc1.O=C(O)C(F)(F)F. The molecule has 0 unspecified atom stereocenters. The Labute approximate surface area is 274 Å². The molecule has 2 aromatic carbocycles. The molecule has 0 aliphatic carbocycles. The number of benzene rings is 2. The topological polar surface area (TPSA) is 135 Å². The molecule has 0 bridgehead atoms. The maximum atomic E-state index is 12.6. The van der Waals surface area contributed by atoms with Crippen molar-refractivity contribution < 1.29 is 37.5 Å². The van der Waals surface area contributed by atoms with Gasteiger partial charge in [0, 0.05) is 73.6 Å². The van der Waals surface area contributed by atoms with E-state index >= 15 is 0 Å². The summed E-state index contributed by atoms with van der Waals surface area (Å²) >= 11 is 5.99. The van der Waals surface area contributed by atoms with Gasteiger partial charge in [0.05, 0.1) is 6.54 Å². The summed E-state index contributed by atoms with van der Waals surface area (Å²) in [6.07, 6.45) is 0.276. The van der Waals surface area contributed by atoms with Gasteiger partial charge in [-0.1, -0.05) is 23.7 Å². The van der Waals surface area contributed by atoms with Crippen LogP contribution in [0.5, 0.6) is 0 Å². The third-order valence-corrected chi connectivity index (χ3v) is 7.83. The van der Waals surface area contributed by atoms with Crippen molar-refractivity contribution in [3.05, 3.63) is 83.1 Å². The molecule has 0 saturated carbocycles. The number of aliphatic carboxylic acids is 1. The Kier molecular flexibility index (Phi) is 12.1. The first-order valence-corrected chi connectivity index (χ1v) is 15.2. The van der Waals surface area contributed by atoms with E-state index in [4.69, 9.17) is 21.5 Å². The summed E-state index contributed by atoms with van der Waals surface area (Å²) < 4.78 is 31.7. The number of halogens is 4. The van der Waals surface area contributed by atoms with Crippen molar-refractivity contribution >= 4 is 52.4 Å². The van der Waals surface area contributed by atoms with Gasteiger partial charge in [-0.05, 0) is 73.0 Å². The molecule has 47 heavy (non-hydrogen) atoms. The van der Waals surface area contributed by atoms with Crippen molar-refractivity contribution in [2.45, 2.75) is 32.0 Å². The highest BCUT2D eigenvalue weighted by molar-refractivity contribution is 6.39. The fourth-order valence-electron chi connectivity index (χ4n) is 5.14. The summed E-state index contributed by atoms with van der Waals surface area (Å²) in [6.45, 7) is 5.55. The van der Waals surface area contributed by atoms with Gasteiger partial charge in [-0.2, -0.15) is 13.2 Å². The second-order valence-corrected chi connectivity index (χ2v) is 11.3. The van der Waals surface area contributed by atoms with Gasteiger partial charge in [-0.25, -0.2) is 4.79 Å². The summed E-state index contributed by atoms with van der Waals surface area (Å²) in [5, 5.41) is 13.2. The van der Waals surface area contributed by atoms with Crippen molar-refractivity contribution in [3.8, 4) is 0 Å². The molecule has 2 aliphatic rings. The Balaban J connectivity index is 0.000000644. The number of hydrogen-bond donors (Lipinski definition) is 3. The zero-order chi connectivity index (χ0) is 34.0. The molecule has 0 radical (unpaired) electrons. The number of aromatic nitrogens is 1. The first-order valence-electron chi connectivity index (χ1n) is 14.8. The van der Waals surface area contributed by atoms with Crippen molar-refractivity contribution in [1.29, 1.82) is 0 Å². The monoisotopic (exact) mass is 674 g/mol. The molecule has 3 heterocycles. The summed E-state index contributed by atoms with van der Waals surface area (Å²) in [5.41, 5.74) is 4.47. The number of pyridine rings is 1. The molecule has 0 atom stereocenters. The van der Waals surface area contributed by atoms with E-state index in [0.29, 0.717) is 36.6 Å². The number of piperazine rings is 1. The van der Waals surface area contributed by atoms with Crippen molar-refractivity contribution in [3.63, 3.8) is 0 Å². The molecular weight excluding hydrogens is 641 g/mol. The zero-order valence-corrected chi connectivity index (χ0v) is 26.1. The van der Waals surface area contributed by atoms with Gasteiger partial charge in [0.25, 0.3) is 0 Å². The molecule has 11 nitrogen and oxygen atoms in total. The van der Waals surface area contributed by atoms with Crippen LogP contribution in [0.3, 0.4) is 0 Å². The molecule has 1 saturated heterocycles. The van der Waals surface area contributed by atoms with Gasteiger partial charge in [-0.15, -0.1) is 0 Å². The molecule has 250 valence electrons. The molecule has 15 heteroatoms. The molecule has 2 aliphatic heterocycles. The molecule has 0 spiro atoms. The molecular formula is C32H34ClF3N6O5. The normalized spacial score (nSPS) is 14.9. The lowest BCUT2D eigenvalue weighted by Crippen LogP contribution is -2.47. The van der Waals surface area contributed by atoms with E-state index in [2.05, 4.69) is 25.4 Å². The highest BCUT2D eigenvalue weighted by Crippen LogP contribution is 2.32. The van der Waals surface area contributed by atoms with Crippen LogP contribution in [-0.2, 0) is 32.1 Å².